The first kappa shape index (κ1) is 23.8. The van der Waals surface area contributed by atoms with Crippen LogP contribution in [0.2, 0.25) is 0 Å². The number of carbonyl (C=O) groups excluding carboxylic acids is 1. The Hall–Kier alpha value is -3.30. The zero-order valence-electron chi connectivity index (χ0n) is 19.3. The van der Waals surface area contributed by atoms with Crippen molar-refractivity contribution in [2.24, 2.45) is 0 Å². The summed E-state index contributed by atoms with van der Waals surface area (Å²) in [6.45, 7) is 3.86. The number of aryl methyl sites for hydroxylation is 2. The molecule has 4 nitrogen and oxygen atoms in total. The summed E-state index contributed by atoms with van der Waals surface area (Å²) < 4.78 is 14.7. The summed E-state index contributed by atoms with van der Waals surface area (Å²) in [5, 5.41) is 15.9. The largest absolute Gasteiger partial charge is 0.383 e. The molecule has 2 N–H and O–H groups in total. The van der Waals surface area contributed by atoms with Gasteiger partial charge in [0.1, 0.15) is 6.10 Å². The van der Waals surface area contributed by atoms with Gasteiger partial charge < -0.3 is 5.11 Å². The smallest absolute Gasteiger partial charge is 0.205 e. The average Bonchev–Trinajstić information content (AvgIpc) is 2.88. The van der Waals surface area contributed by atoms with Crippen LogP contribution in [0.4, 0.5) is 0 Å². The number of aliphatic hydroxyl groups is 1. The number of benzene rings is 4. The normalized spacial score (nSPS) is 13.3. The number of rotatable bonds is 8. The monoisotopic (exact) mass is 469 g/mol. The van der Waals surface area contributed by atoms with Gasteiger partial charge in [0.05, 0.1) is 6.04 Å². The molecule has 0 radical (unpaired) electrons. The lowest BCUT2D eigenvalue weighted by molar-refractivity contribution is 0.0678. The van der Waals surface area contributed by atoms with E-state index in [1.165, 1.54) is 0 Å². The summed E-state index contributed by atoms with van der Waals surface area (Å²) in [5.41, 5.74) is 3.05. The van der Waals surface area contributed by atoms with Crippen molar-refractivity contribution in [2.75, 3.05) is 0 Å². The van der Waals surface area contributed by atoms with E-state index in [1.54, 1.807) is 12.1 Å². The Balaban J connectivity index is 1.83. The maximum absolute atomic E-state index is 14.7. The maximum Gasteiger partial charge on any atom is 0.205 e. The van der Waals surface area contributed by atoms with Crippen molar-refractivity contribution in [1.82, 2.24) is 5.09 Å². The first-order valence-corrected chi connectivity index (χ1v) is 12.9. The van der Waals surface area contributed by atoms with Crippen molar-refractivity contribution >= 4 is 23.7 Å². The highest BCUT2D eigenvalue weighted by Gasteiger charge is 2.37. The molecular weight excluding hydrogens is 441 g/mol. The molecule has 0 aromatic heterocycles. The van der Waals surface area contributed by atoms with Gasteiger partial charge in [-0.2, -0.15) is 0 Å². The minimum absolute atomic E-state index is 0.410. The Kier molecular flexibility index (Phi) is 7.23. The van der Waals surface area contributed by atoms with Crippen LogP contribution in [0.1, 0.15) is 33.1 Å². The third kappa shape index (κ3) is 4.95. The topological polar surface area (TPSA) is 66.4 Å². The number of nitrogens with one attached hydrogen (secondary N) is 1. The highest BCUT2D eigenvalue weighted by atomic mass is 31.2. The van der Waals surface area contributed by atoms with Crippen LogP contribution >= 0.6 is 7.29 Å². The number of hydrogen-bond donors (Lipinski definition) is 2. The van der Waals surface area contributed by atoms with E-state index >= 15 is 0 Å². The van der Waals surface area contributed by atoms with Gasteiger partial charge in [-0.25, -0.2) is 5.09 Å². The second kappa shape index (κ2) is 10.3. The fourth-order valence-corrected chi connectivity index (χ4v) is 6.51. The van der Waals surface area contributed by atoms with E-state index in [0.29, 0.717) is 16.2 Å². The summed E-state index contributed by atoms with van der Waals surface area (Å²) in [5.74, 6) is -0.423. The molecule has 0 aliphatic rings. The molecular formula is C29H28NO3P. The van der Waals surface area contributed by atoms with Crippen molar-refractivity contribution in [3.63, 3.8) is 0 Å². The van der Waals surface area contributed by atoms with Crippen molar-refractivity contribution in [1.29, 1.82) is 0 Å². The molecule has 0 aliphatic carbocycles. The second-order valence-corrected chi connectivity index (χ2v) is 10.9. The van der Waals surface area contributed by atoms with Crippen LogP contribution in [-0.4, -0.2) is 17.0 Å². The second-order valence-electron chi connectivity index (χ2n) is 8.42. The zero-order chi connectivity index (χ0) is 24.1. The number of carbonyl (C=O) groups is 1. The summed E-state index contributed by atoms with van der Waals surface area (Å²) in [6.07, 6.45) is -1.44. The van der Waals surface area contributed by atoms with Crippen LogP contribution in [0.25, 0.3) is 0 Å². The molecule has 0 unspecified atom stereocenters. The third-order valence-corrected chi connectivity index (χ3v) is 8.70. The van der Waals surface area contributed by atoms with Crippen LogP contribution in [0.3, 0.4) is 0 Å². The van der Waals surface area contributed by atoms with Gasteiger partial charge in [0.25, 0.3) is 0 Å². The fourth-order valence-electron chi connectivity index (χ4n) is 4.06. The summed E-state index contributed by atoms with van der Waals surface area (Å²) in [6, 6.07) is 32.1. The third-order valence-electron chi connectivity index (χ3n) is 6.00. The van der Waals surface area contributed by atoms with Crippen LogP contribution in [0.15, 0.2) is 109 Å². The molecule has 2 atom stereocenters. The molecule has 4 aromatic carbocycles. The predicted molar refractivity (Wildman–Crippen MR) is 138 cm³/mol. The lowest BCUT2D eigenvalue weighted by atomic mass is 9.93. The van der Waals surface area contributed by atoms with Crippen molar-refractivity contribution in [3.8, 4) is 0 Å². The Morgan fingerprint density at radius 1 is 0.735 bits per heavy atom. The van der Waals surface area contributed by atoms with Crippen molar-refractivity contribution < 1.29 is 14.5 Å². The van der Waals surface area contributed by atoms with E-state index in [4.69, 9.17) is 0 Å². The lowest BCUT2D eigenvalue weighted by Gasteiger charge is -2.30. The minimum atomic E-state index is -3.42. The molecule has 4 aromatic rings. The maximum atomic E-state index is 14.7. The van der Waals surface area contributed by atoms with Gasteiger partial charge in [-0.05, 0) is 49.2 Å². The molecule has 0 saturated carbocycles. The molecule has 5 heteroatoms. The van der Waals surface area contributed by atoms with Crippen LogP contribution in [-0.2, 0) is 4.57 Å². The minimum Gasteiger partial charge on any atom is -0.383 e. The lowest BCUT2D eigenvalue weighted by Crippen LogP contribution is -2.40. The van der Waals surface area contributed by atoms with Crippen molar-refractivity contribution in [3.05, 3.63) is 131 Å². The van der Waals surface area contributed by atoms with E-state index in [9.17, 15) is 14.5 Å². The quantitative estimate of drug-likeness (QED) is 0.278. The van der Waals surface area contributed by atoms with Gasteiger partial charge in [0.2, 0.25) is 7.29 Å². The van der Waals surface area contributed by atoms with Gasteiger partial charge in [-0.1, -0.05) is 90.5 Å². The van der Waals surface area contributed by atoms with Crippen LogP contribution in [0.5, 0.6) is 0 Å². The van der Waals surface area contributed by atoms with E-state index < -0.39 is 25.2 Å². The molecule has 0 aliphatic heterocycles. The molecule has 0 bridgehead atoms. The Morgan fingerprint density at radius 3 is 1.76 bits per heavy atom. The van der Waals surface area contributed by atoms with Crippen LogP contribution < -0.4 is 15.7 Å². The summed E-state index contributed by atoms with van der Waals surface area (Å²) >= 11 is 0. The Morgan fingerprint density at radius 2 is 1.24 bits per heavy atom. The highest BCUT2D eigenvalue weighted by molar-refractivity contribution is 7.76. The van der Waals surface area contributed by atoms with E-state index in [-0.39, 0.29) is 0 Å². The average molecular weight is 470 g/mol. The Bertz CT molecular complexity index is 1260. The molecule has 172 valence electrons. The van der Waals surface area contributed by atoms with Gasteiger partial charge in [-0.15, -0.1) is 0 Å². The first-order valence-electron chi connectivity index (χ1n) is 11.2. The molecule has 0 fully saturated rings. The number of Topliss-reactive ketones (excluding diaryl/α,β-unsaturated/α-hetero) is 1. The molecule has 0 saturated heterocycles. The summed E-state index contributed by atoms with van der Waals surface area (Å²) in [4.78, 5) is 13.4. The van der Waals surface area contributed by atoms with E-state index in [1.807, 2.05) is 111 Å². The zero-order valence-corrected chi connectivity index (χ0v) is 20.2. The molecule has 0 amide bonds. The SMILES string of the molecule is Cc1ccc(C(=O)[C@H](O)[C@H](NP(=O)(c2ccccc2)c2ccccc2)c2ccccc2C)cc1. The first-order chi connectivity index (χ1) is 16.4. The molecule has 0 heterocycles. The Labute approximate surface area is 200 Å². The number of ketones is 1. The van der Waals surface area contributed by atoms with Crippen LogP contribution in [0, 0.1) is 13.8 Å². The van der Waals surface area contributed by atoms with E-state index in [0.717, 1.165) is 16.7 Å². The van der Waals surface area contributed by atoms with E-state index in [2.05, 4.69) is 5.09 Å². The summed E-state index contributed by atoms with van der Waals surface area (Å²) in [7, 11) is -3.42. The number of aliphatic hydroxyl groups excluding tert-OH is 1. The number of hydrogen-bond acceptors (Lipinski definition) is 3. The highest BCUT2D eigenvalue weighted by Crippen LogP contribution is 2.43. The van der Waals surface area contributed by atoms with Gasteiger partial charge in [-0.3, -0.25) is 9.36 Å². The van der Waals surface area contributed by atoms with Gasteiger partial charge in [0, 0.05) is 16.2 Å². The molecule has 4 rings (SSSR count). The standard InChI is InChI=1S/C29H28NO3P/c1-21-17-19-23(20-18-21)28(31)29(32)27(26-16-10-9-11-22(26)2)30-34(33,24-12-5-3-6-13-24)25-14-7-4-8-15-25/h3-20,27,29,32H,1-2H3,(H,30,33)/t27-,29-/m1/s1. The fraction of sp³-hybridized carbons (Fsp3) is 0.138. The molecule has 0 spiro atoms. The van der Waals surface area contributed by atoms with Gasteiger partial charge in [0.15, 0.2) is 5.78 Å². The van der Waals surface area contributed by atoms with Gasteiger partial charge >= 0.3 is 0 Å². The molecule has 34 heavy (non-hydrogen) atoms. The predicted octanol–water partition coefficient (Wildman–Crippen LogP) is 5.11. The van der Waals surface area contributed by atoms with Crippen molar-refractivity contribution in [2.45, 2.75) is 26.0 Å².